The number of rotatable bonds is 3. The number of nitrogens with zero attached hydrogens (tertiary/aromatic N) is 1. The number of phenols is 2. The zero-order valence-corrected chi connectivity index (χ0v) is 12.0. The van der Waals surface area contributed by atoms with Gasteiger partial charge in [-0.2, -0.15) is 5.10 Å². The average Bonchev–Trinajstić information content (AvgIpc) is 2.57. The summed E-state index contributed by atoms with van der Waals surface area (Å²) in [5.74, 6) is 0.525. The van der Waals surface area contributed by atoms with Gasteiger partial charge in [0.25, 0.3) is 5.91 Å². The van der Waals surface area contributed by atoms with Gasteiger partial charge < -0.3 is 19.7 Å². The second-order valence-electron chi connectivity index (χ2n) is 4.84. The number of carbonyl (C=O) groups is 1. The van der Waals surface area contributed by atoms with Gasteiger partial charge in [0.05, 0.1) is 6.21 Å². The first-order valence-electron chi connectivity index (χ1n) is 6.87. The van der Waals surface area contributed by atoms with Crippen LogP contribution < -0.4 is 14.9 Å². The van der Waals surface area contributed by atoms with Gasteiger partial charge in [0.1, 0.15) is 18.1 Å². The van der Waals surface area contributed by atoms with Crippen molar-refractivity contribution in [3.05, 3.63) is 48.0 Å². The van der Waals surface area contributed by atoms with Gasteiger partial charge in [0.15, 0.2) is 11.5 Å². The number of fused-ring (bicyclic) bond motifs is 1. The molecule has 0 aromatic heterocycles. The van der Waals surface area contributed by atoms with E-state index >= 15 is 0 Å². The molecular formula is C16H14N2O5. The second-order valence-corrected chi connectivity index (χ2v) is 4.84. The number of nitrogens with one attached hydrogen (secondary N) is 1. The molecule has 3 N–H and O–H groups in total. The first kappa shape index (κ1) is 14.7. The van der Waals surface area contributed by atoms with Crippen LogP contribution in [0, 0.1) is 0 Å². The molecule has 1 heterocycles. The molecule has 0 fully saturated rings. The molecule has 0 radical (unpaired) electrons. The van der Waals surface area contributed by atoms with Gasteiger partial charge in [-0.05, 0) is 30.3 Å². The first-order valence-corrected chi connectivity index (χ1v) is 6.87. The Kier molecular flexibility index (Phi) is 4.01. The van der Waals surface area contributed by atoms with Crippen molar-refractivity contribution < 1.29 is 24.5 Å². The molecular weight excluding hydrogens is 300 g/mol. The van der Waals surface area contributed by atoms with Crippen molar-refractivity contribution in [1.82, 2.24) is 5.43 Å². The number of carbonyl (C=O) groups excluding carboxylic acids is 1. The van der Waals surface area contributed by atoms with E-state index in [0.29, 0.717) is 11.5 Å². The maximum absolute atomic E-state index is 12.0. The van der Waals surface area contributed by atoms with E-state index in [-0.39, 0.29) is 23.7 Å². The number of ether oxygens (including phenoxy) is 2. The summed E-state index contributed by atoms with van der Waals surface area (Å²) >= 11 is 0. The summed E-state index contributed by atoms with van der Waals surface area (Å²) in [6, 6.07) is 11.1. The van der Waals surface area contributed by atoms with E-state index in [0.717, 1.165) is 0 Å². The van der Waals surface area contributed by atoms with Gasteiger partial charge >= 0.3 is 0 Å². The van der Waals surface area contributed by atoms with E-state index in [1.165, 1.54) is 24.4 Å². The molecule has 0 bridgehead atoms. The Bertz CT molecular complexity index is 760. The lowest BCUT2D eigenvalue weighted by Gasteiger charge is -2.24. The van der Waals surface area contributed by atoms with Crippen molar-refractivity contribution in [1.29, 1.82) is 0 Å². The van der Waals surface area contributed by atoms with Crippen LogP contribution in [0.4, 0.5) is 0 Å². The van der Waals surface area contributed by atoms with Crippen LogP contribution in [-0.2, 0) is 4.79 Å². The minimum Gasteiger partial charge on any atom is -0.508 e. The van der Waals surface area contributed by atoms with Crippen molar-refractivity contribution >= 4 is 12.1 Å². The smallest absolute Gasteiger partial charge is 0.284 e. The molecule has 7 heteroatoms. The lowest BCUT2D eigenvalue weighted by molar-refractivity contribution is -0.130. The molecule has 1 atom stereocenters. The third-order valence-electron chi connectivity index (χ3n) is 3.19. The predicted octanol–water partition coefficient (Wildman–Crippen LogP) is 1.39. The Balaban J connectivity index is 1.62. The van der Waals surface area contributed by atoms with Crippen LogP contribution in [0.2, 0.25) is 0 Å². The van der Waals surface area contributed by atoms with E-state index in [9.17, 15) is 15.0 Å². The molecule has 2 aromatic rings. The van der Waals surface area contributed by atoms with E-state index in [1.807, 2.05) is 6.07 Å². The summed E-state index contributed by atoms with van der Waals surface area (Å²) in [7, 11) is 0. The third kappa shape index (κ3) is 3.34. The zero-order chi connectivity index (χ0) is 16.2. The number of amides is 1. The molecule has 7 nitrogen and oxygen atoms in total. The molecule has 1 amide bonds. The van der Waals surface area contributed by atoms with E-state index in [2.05, 4.69) is 10.5 Å². The molecule has 0 spiro atoms. The maximum atomic E-state index is 12.0. The summed E-state index contributed by atoms with van der Waals surface area (Å²) in [6.45, 7) is 0.0791. The van der Waals surface area contributed by atoms with Crippen molar-refractivity contribution in [2.24, 2.45) is 5.10 Å². The number of hydrogen-bond donors (Lipinski definition) is 3. The first-order chi connectivity index (χ1) is 11.1. The number of hydrazone groups is 1. The number of phenolic OH excluding ortho intramolecular Hbond substituents is 2. The normalized spacial score (nSPS) is 16.3. The van der Waals surface area contributed by atoms with Crippen molar-refractivity contribution in [2.45, 2.75) is 6.10 Å². The predicted molar refractivity (Wildman–Crippen MR) is 81.9 cm³/mol. The van der Waals surface area contributed by atoms with E-state index < -0.39 is 12.0 Å². The minimum absolute atomic E-state index is 0.0174. The highest BCUT2D eigenvalue weighted by molar-refractivity contribution is 5.87. The Hall–Kier alpha value is -3.22. The highest BCUT2D eigenvalue weighted by Crippen LogP contribution is 2.30. The molecule has 1 aliphatic heterocycles. The summed E-state index contributed by atoms with van der Waals surface area (Å²) in [6.07, 6.45) is 0.407. The fraction of sp³-hybridized carbons (Fsp3) is 0.125. The number of hydrogen-bond acceptors (Lipinski definition) is 6. The minimum atomic E-state index is -0.820. The van der Waals surface area contributed by atoms with Gasteiger partial charge in [-0.15, -0.1) is 0 Å². The number of aromatic hydroxyl groups is 2. The van der Waals surface area contributed by atoms with Gasteiger partial charge in [-0.25, -0.2) is 5.43 Å². The zero-order valence-electron chi connectivity index (χ0n) is 12.0. The molecule has 3 rings (SSSR count). The van der Waals surface area contributed by atoms with Crippen molar-refractivity contribution in [3.8, 4) is 23.0 Å². The topological polar surface area (TPSA) is 100 Å². The van der Waals surface area contributed by atoms with Crippen LogP contribution in [-0.4, -0.2) is 35.0 Å². The lowest BCUT2D eigenvalue weighted by atomic mass is 10.2. The van der Waals surface area contributed by atoms with Crippen LogP contribution in [0.25, 0.3) is 0 Å². The van der Waals surface area contributed by atoms with Crippen LogP contribution in [0.3, 0.4) is 0 Å². The van der Waals surface area contributed by atoms with Crippen LogP contribution in [0.1, 0.15) is 5.56 Å². The SMILES string of the molecule is O=C(N/N=C/c1cc(O)ccc1O)[C@@H]1COc2ccccc2O1. The van der Waals surface area contributed by atoms with E-state index in [4.69, 9.17) is 9.47 Å². The quantitative estimate of drug-likeness (QED) is 0.451. The fourth-order valence-corrected chi connectivity index (χ4v) is 2.03. The van der Waals surface area contributed by atoms with Gasteiger partial charge in [-0.3, -0.25) is 4.79 Å². The number of benzene rings is 2. The molecule has 0 saturated heterocycles. The monoisotopic (exact) mass is 314 g/mol. The fourth-order valence-electron chi connectivity index (χ4n) is 2.03. The Labute approximate surface area is 131 Å². The lowest BCUT2D eigenvalue weighted by Crippen LogP contribution is -2.42. The van der Waals surface area contributed by atoms with Crippen molar-refractivity contribution in [2.75, 3.05) is 6.61 Å². The molecule has 0 aliphatic carbocycles. The molecule has 118 valence electrons. The summed E-state index contributed by atoms with van der Waals surface area (Å²) in [5, 5.41) is 22.7. The highest BCUT2D eigenvalue weighted by Gasteiger charge is 2.26. The second kappa shape index (κ2) is 6.27. The Morgan fingerprint density at radius 2 is 2.00 bits per heavy atom. The molecule has 0 saturated carbocycles. The van der Waals surface area contributed by atoms with Gasteiger partial charge in [0.2, 0.25) is 6.10 Å². The van der Waals surface area contributed by atoms with Crippen molar-refractivity contribution in [3.63, 3.8) is 0 Å². The Morgan fingerprint density at radius 1 is 1.22 bits per heavy atom. The maximum Gasteiger partial charge on any atom is 0.284 e. The van der Waals surface area contributed by atoms with Gasteiger partial charge in [0, 0.05) is 5.56 Å². The van der Waals surface area contributed by atoms with Crippen LogP contribution in [0.5, 0.6) is 23.0 Å². The van der Waals surface area contributed by atoms with E-state index in [1.54, 1.807) is 18.2 Å². The van der Waals surface area contributed by atoms with Crippen LogP contribution >= 0.6 is 0 Å². The largest absolute Gasteiger partial charge is 0.508 e. The molecule has 1 aliphatic rings. The summed E-state index contributed by atoms with van der Waals surface area (Å²) < 4.78 is 11.0. The highest BCUT2D eigenvalue weighted by atomic mass is 16.6. The third-order valence-corrected chi connectivity index (χ3v) is 3.19. The summed E-state index contributed by atoms with van der Waals surface area (Å²) in [4.78, 5) is 12.0. The standard InChI is InChI=1S/C16H14N2O5/c19-11-5-6-12(20)10(7-11)8-17-18-16(21)15-9-22-13-3-1-2-4-14(13)23-15/h1-8,15,19-20H,9H2,(H,18,21)/b17-8+/t15-/m0/s1. The van der Waals surface area contributed by atoms with Gasteiger partial charge in [-0.1, -0.05) is 12.1 Å². The van der Waals surface area contributed by atoms with Crippen LogP contribution in [0.15, 0.2) is 47.6 Å². The average molecular weight is 314 g/mol. The molecule has 2 aromatic carbocycles. The summed E-state index contributed by atoms with van der Waals surface area (Å²) in [5.41, 5.74) is 2.59. The Morgan fingerprint density at radius 3 is 2.83 bits per heavy atom. The molecule has 0 unspecified atom stereocenters. The number of para-hydroxylation sites is 2. The molecule has 23 heavy (non-hydrogen) atoms.